The summed E-state index contributed by atoms with van der Waals surface area (Å²) in [4.78, 5) is 11.1. The van der Waals surface area contributed by atoms with Crippen molar-refractivity contribution in [2.45, 2.75) is 12.8 Å². The highest BCUT2D eigenvalue weighted by Crippen LogP contribution is 2.37. The molecule has 1 aliphatic rings. The number of aldehydes is 1. The number of hydrogen-bond donors (Lipinski definition) is 0. The van der Waals surface area contributed by atoms with Gasteiger partial charge < -0.3 is 9.47 Å². The van der Waals surface area contributed by atoms with Gasteiger partial charge in [-0.05, 0) is 47.9 Å². The van der Waals surface area contributed by atoms with E-state index in [0.29, 0.717) is 30.9 Å². The number of ether oxygens (including phenoxy) is 2. The van der Waals surface area contributed by atoms with Crippen molar-refractivity contribution in [2.24, 2.45) is 0 Å². The smallest absolute Gasteiger partial charge is 0.150 e. The van der Waals surface area contributed by atoms with Gasteiger partial charge in [0.2, 0.25) is 0 Å². The highest BCUT2D eigenvalue weighted by atomic mass is 32.2. The molecule has 0 bridgehead atoms. The summed E-state index contributed by atoms with van der Waals surface area (Å²) in [6, 6.07) is 11.2. The van der Waals surface area contributed by atoms with Gasteiger partial charge in [-0.25, -0.2) is 8.42 Å². The lowest BCUT2D eigenvalue weighted by molar-refractivity contribution is 0.112. The average Bonchev–Trinajstić information content (AvgIpc) is 2.76. The third-order valence-corrected chi connectivity index (χ3v) is 5.09. The lowest BCUT2D eigenvalue weighted by Crippen LogP contribution is -2.08. The first-order chi connectivity index (χ1) is 12.0. The summed E-state index contributed by atoms with van der Waals surface area (Å²) in [5.74, 6) is 1.60. The van der Waals surface area contributed by atoms with Gasteiger partial charge in [0.05, 0.1) is 19.0 Å². The second-order valence-electron chi connectivity index (χ2n) is 6.12. The molecular formula is C19H20O5S. The van der Waals surface area contributed by atoms with E-state index < -0.39 is 9.84 Å². The van der Waals surface area contributed by atoms with Gasteiger partial charge in [-0.3, -0.25) is 4.79 Å². The molecule has 1 aliphatic heterocycles. The van der Waals surface area contributed by atoms with Crippen molar-refractivity contribution in [3.8, 4) is 22.6 Å². The molecule has 0 atom stereocenters. The van der Waals surface area contributed by atoms with Crippen LogP contribution in [-0.2, 0) is 16.3 Å². The largest absolute Gasteiger partial charge is 0.494 e. The molecule has 0 aliphatic carbocycles. The second kappa shape index (κ2) is 7.27. The normalized spacial score (nSPS) is 13.2. The average molecular weight is 360 g/mol. The van der Waals surface area contributed by atoms with Gasteiger partial charge in [-0.1, -0.05) is 6.07 Å². The van der Waals surface area contributed by atoms with Crippen LogP contribution in [0.3, 0.4) is 0 Å². The number of carbonyl (C=O) groups is 1. The van der Waals surface area contributed by atoms with Crippen molar-refractivity contribution >= 4 is 16.1 Å². The van der Waals surface area contributed by atoms with Crippen molar-refractivity contribution < 1.29 is 22.7 Å². The maximum atomic E-state index is 11.1. The van der Waals surface area contributed by atoms with Crippen molar-refractivity contribution in [1.29, 1.82) is 0 Å². The molecule has 0 fully saturated rings. The topological polar surface area (TPSA) is 69.7 Å². The van der Waals surface area contributed by atoms with Crippen LogP contribution in [0.1, 0.15) is 22.3 Å². The van der Waals surface area contributed by atoms with E-state index in [1.54, 1.807) is 6.07 Å². The van der Waals surface area contributed by atoms with Crippen molar-refractivity contribution in [3.63, 3.8) is 0 Å². The highest BCUT2D eigenvalue weighted by molar-refractivity contribution is 7.90. The highest BCUT2D eigenvalue weighted by Gasteiger charge is 2.16. The lowest BCUT2D eigenvalue weighted by atomic mass is 9.96. The van der Waals surface area contributed by atoms with E-state index in [-0.39, 0.29) is 5.75 Å². The first kappa shape index (κ1) is 17.5. The maximum Gasteiger partial charge on any atom is 0.150 e. The minimum Gasteiger partial charge on any atom is -0.494 e. The molecular weight excluding hydrogens is 340 g/mol. The number of sulfone groups is 1. The summed E-state index contributed by atoms with van der Waals surface area (Å²) in [5.41, 5.74) is 3.62. The molecule has 0 unspecified atom stereocenters. The molecule has 3 rings (SSSR count). The molecule has 0 saturated heterocycles. The summed E-state index contributed by atoms with van der Waals surface area (Å²) in [7, 11) is -2.96. The fourth-order valence-corrected chi connectivity index (χ4v) is 3.51. The number of rotatable bonds is 6. The summed E-state index contributed by atoms with van der Waals surface area (Å²) >= 11 is 0. The Bertz CT molecular complexity index is 887. The van der Waals surface area contributed by atoms with E-state index in [2.05, 4.69) is 0 Å². The predicted molar refractivity (Wildman–Crippen MR) is 96.3 cm³/mol. The Labute approximate surface area is 147 Å². The van der Waals surface area contributed by atoms with E-state index in [4.69, 9.17) is 9.47 Å². The number of carbonyl (C=O) groups excluding carboxylic acids is 1. The van der Waals surface area contributed by atoms with Crippen LogP contribution in [-0.4, -0.2) is 39.9 Å². The quantitative estimate of drug-likeness (QED) is 0.585. The molecule has 0 radical (unpaired) electrons. The molecule has 0 saturated carbocycles. The minimum absolute atomic E-state index is 0.119. The molecule has 1 heterocycles. The van der Waals surface area contributed by atoms with Gasteiger partial charge in [0.1, 0.15) is 27.6 Å². The van der Waals surface area contributed by atoms with Gasteiger partial charge in [0.25, 0.3) is 0 Å². The van der Waals surface area contributed by atoms with Crippen LogP contribution in [0.15, 0.2) is 36.4 Å². The zero-order chi connectivity index (χ0) is 17.9. The Morgan fingerprint density at radius 3 is 2.76 bits per heavy atom. The molecule has 0 amide bonds. The Balaban J connectivity index is 1.80. The van der Waals surface area contributed by atoms with Crippen LogP contribution in [0.5, 0.6) is 11.5 Å². The van der Waals surface area contributed by atoms with Gasteiger partial charge in [-0.15, -0.1) is 0 Å². The summed E-state index contributed by atoms with van der Waals surface area (Å²) in [5, 5.41) is 0. The fourth-order valence-electron chi connectivity index (χ4n) is 2.87. The Kier molecular flexibility index (Phi) is 5.08. The molecule has 2 aromatic rings. The maximum absolute atomic E-state index is 11.1. The summed E-state index contributed by atoms with van der Waals surface area (Å²) in [6.07, 6.45) is 3.25. The number of hydrogen-bond acceptors (Lipinski definition) is 5. The Morgan fingerprint density at radius 2 is 2.00 bits per heavy atom. The zero-order valence-corrected chi connectivity index (χ0v) is 14.8. The van der Waals surface area contributed by atoms with E-state index in [0.717, 1.165) is 35.1 Å². The predicted octanol–water partition coefficient (Wildman–Crippen LogP) is 2.91. The monoisotopic (exact) mass is 360 g/mol. The zero-order valence-electron chi connectivity index (χ0n) is 14.0. The molecule has 25 heavy (non-hydrogen) atoms. The molecule has 0 spiro atoms. The molecule has 2 aromatic carbocycles. The van der Waals surface area contributed by atoms with Crippen LogP contribution < -0.4 is 9.47 Å². The molecule has 0 N–H and O–H groups in total. The van der Waals surface area contributed by atoms with Crippen LogP contribution >= 0.6 is 0 Å². The fraction of sp³-hybridized carbons (Fsp3) is 0.316. The third kappa shape index (κ3) is 4.39. The van der Waals surface area contributed by atoms with Crippen LogP contribution in [0.4, 0.5) is 0 Å². The van der Waals surface area contributed by atoms with Crippen molar-refractivity contribution in [2.75, 3.05) is 25.2 Å². The van der Waals surface area contributed by atoms with Crippen LogP contribution in [0.25, 0.3) is 11.1 Å². The molecule has 0 aromatic heterocycles. The molecule has 5 nitrogen and oxygen atoms in total. The second-order valence-corrected chi connectivity index (χ2v) is 8.38. The SMILES string of the molecule is CS(=O)(=O)CCCOc1ccc2c(c1)CCOc1ccc(C=O)cc1-2. The molecule has 132 valence electrons. The Hall–Kier alpha value is -2.34. The summed E-state index contributed by atoms with van der Waals surface area (Å²) < 4.78 is 33.8. The van der Waals surface area contributed by atoms with E-state index >= 15 is 0 Å². The van der Waals surface area contributed by atoms with Crippen molar-refractivity contribution in [1.82, 2.24) is 0 Å². The first-order valence-corrected chi connectivity index (χ1v) is 10.2. The number of benzene rings is 2. The van der Waals surface area contributed by atoms with Crippen molar-refractivity contribution in [3.05, 3.63) is 47.5 Å². The van der Waals surface area contributed by atoms with E-state index in [1.807, 2.05) is 30.3 Å². The van der Waals surface area contributed by atoms with Crippen LogP contribution in [0.2, 0.25) is 0 Å². The minimum atomic E-state index is -2.96. The molecule has 6 heteroatoms. The third-order valence-electron chi connectivity index (χ3n) is 4.06. The summed E-state index contributed by atoms with van der Waals surface area (Å²) in [6.45, 7) is 0.909. The standard InChI is InChI=1S/C19H20O5S/c1-25(21,22)10-2-8-23-16-4-5-17-15(12-16)7-9-24-19-6-3-14(13-20)11-18(17)19/h3-6,11-13H,2,7-10H2,1H3. The number of fused-ring (bicyclic) bond motifs is 3. The van der Waals surface area contributed by atoms with Gasteiger partial charge >= 0.3 is 0 Å². The van der Waals surface area contributed by atoms with E-state index in [1.165, 1.54) is 6.26 Å². The first-order valence-electron chi connectivity index (χ1n) is 8.12. The van der Waals surface area contributed by atoms with Crippen LogP contribution in [0, 0.1) is 0 Å². The van der Waals surface area contributed by atoms with Gasteiger partial charge in [0.15, 0.2) is 0 Å². The van der Waals surface area contributed by atoms with Gasteiger partial charge in [-0.2, -0.15) is 0 Å². The van der Waals surface area contributed by atoms with E-state index in [9.17, 15) is 13.2 Å². The van der Waals surface area contributed by atoms with Gasteiger partial charge in [0, 0.05) is 23.8 Å². The Morgan fingerprint density at radius 1 is 1.16 bits per heavy atom. The lowest BCUT2D eigenvalue weighted by Gasteiger charge is -2.11.